The zero-order valence-electron chi connectivity index (χ0n) is 16.1. The van der Waals surface area contributed by atoms with Crippen molar-refractivity contribution in [1.29, 1.82) is 0 Å². The summed E-state index contributed by atoms with van der Waals surface area (Å²) in [6.07, 6.45) is 11.6. The van der Waals surface area contributed by atoms with Crippen LogP contribution in [0.25, 0.3) is 0 Å². The number of rotatable bonds is 8. The molecule has 0 bridgehead atoms. The van der Waals surface area contributed by atoms with E-state index in [4.69, 9.17) is 0 Å². The molecule has 0 radical (unpaired) electrons. The van der Waals surface area contributed by atoms with Crippen molar-refractivity contribution in [2.75, 3.05) is 6.54 Å². The Morgan fingerprint density at radius 3 is 2.22 bits per heavy atom. The lowest BCUT2D eigenvalue weighted by atomic mass is 9.87. The molecule has 2 saturated carbocycles. The number of amides is 1. The van der Waals surface area contributed by atoms with E-state index in [9.17, 15) is 13.2 Å². The number of carbonyl (C=O) groups is 1. The van der Waals surface area contributed by atoms with Crippen molar-refractivity contribution in [2.45, 2.75) is 81.6 Å². The quantitative estimate of drug-likeness (QED) is 0.710. The standard InChI is InChI=1S/C21H32N2O3S/c24-21(16-18-6-2-1-3-7-18)22-15-14-17-10-12-20(13-11-17)27(25,26)23-19-8-4-5-9-19/h10-13,18-19,23H,1-9,14-16H2,(H,22,24). The second kappa shape index (κ2) is 9.69. The Morgan fingerprint density at radius 1 is 0.926 bits per heavy atom. The molecular formula is C21H32N2O3S. The molecule has 0 spiro atoms. The lowest BCUT2D eigenvalue weighted by Crippen LogP contribution is -2.32. The highest BCUT2D eigenvalue weighted by Crippen LogP contribution is 2.26. The summed E-state index contributed by atoms with van der Waals surface area (Å²) in [6.45, 7) is 0.595. The van der Waals surface area contributed by atoms with Gasteiger partial charge in [-0.2, -0.15) is 0 Å². The van der Waals surface area contributed by atoms with Crippen LogP contribution in [-0.4, -0.2) is 26.9 Å². The molecule has 2 aliphatic rings. The third-order valence-electron chi connectivity index (χ3n) is 5.85. The lowest BCUT2D eigenvalue weighted by molar-refractivity contribution is -0.122. The van der Waals surface area contributed by atoms with Gasteiger partial charge in [0.05, 0.1) is 4.90 Å². The molecule has 0 aliphatic heterocycles. The normalized spacial score (nSPS) is 19.3. The highest BCUT2D eigenvalue weighted by atomic mass is 32.2. The van der Waals surface area contributed by atoms with Gasteiger partial charge >= 0.3 is 0 Å². The second-order valence-corrected chi connectivity index (χ2v) is 9.77. The summed E-state index contributed by atoms with van der Waals surface area (Å²) >= 11 is 0. The zero-order valence-corrected chi connectivity index (χ0v) is 16.9. The molecule has 1 aromatic carbocycles. The monoisotopic (exact) mass is 392 g/mol. The van der Waals surface area contributed by atoms with Gasteiger partial charge in [-0.3, -0.25) is 4.79 Å². The first-order chi connectivity index (χ1) is 13.0. The van der Waals surface area contributed by atoms with E-state index in [-0.39, 0.29) is 11.9 Å². The number of hydrogen-bond acceptors (Lipinski definition) is 3. The van der Waals surface area contributed by atoms with E-state index in [1.165, 1.54) is 32.1 Å². The summed E-state index contributed by atoms with van der Waals surface area (Å²) < 4.78 is 27.7. The number of nitrogens with one attached hydrogen (secondary N) is 2. The van der Waals surface area contributed by atoms with Crippen molar-refractivity contribution in [2.24, 2.45) is 5.92 Å². The van der Waals surface area contributed by atoms with E-state index < -0.39 is 10.0 Å². The van der Waals surface area contributed by atoms with Gasteiger partial charge in [-0.05, 0) is 55.7 Å². The highest BCUT2D eigenvalue weighted by molar-refractivity contribution is 7.89. The minimum Gasteiger partial charge on any atom is -0.356 e. The van der Waals surface area contributed by atoms with Gasteiger partial charge in [0.25, 0.3) is 0 Å². The van der Waals surface area contributed by atoms with Gasteiger partial charge in [0.1, 0.15) is 0 Å². The van der Waals surface area contributed by atoms with Crippen molar-refractivity contribution in [1.82, 2.24) is 10.0 Å². The van der Waals surface area contributed by atoms with Gasteiger partial charge in [0, 0.05) is 19.0 Å². The summed E-state index contributed by atoms with van der Waals surface area (Å²) in [5, 5.41) is 3.00. The number of benzene rings is 1. The lowest BCUT2D eigenvalue weighted by Gasteiger charge is -2.20. The van der Waals surface area contributed by atoms with Crippen LogP contribution in [0.15, 0.2) is 29.2 Å². The molecule has 0 atom stereocenters. The Balaban J connectivity index is 1.42. The van der Waals surface area contributed by atoms with Crippen LogP contribution >= 0.6 is 0 Å². The summed E-state index contributed by atoms with van der Waals surface area (Å²) in [5.74, 6) is 0.692. The minimum absolute atomic E-state index is 0.0778. The molecule has 2 aliphatic carbocycles. The third kappa shape index (κ3) is 6.32. The molecule has 0 aromatic heterocycles. The topological polar surface area (TPSA) is 75.3 Å². The van der Waals surface area contributed by atoms with Crippen LogP contribution in [0.4, 0.5) is 0 Å². The number of carbonyl (C=O) groups excluding carboxylic acids is 1. The SMILES string of the molecule is O=C(CC1CCCCC1)NCCc1ccc(S(=O)(=O)NC2CCCC2)cc1. The van der Waals surface area contributed by atoms with Gasteiger partial charge in [-0.15, -0.1) is 0 Å². The fourth-order valence-electron chi connectivity index (χ4n) is 4.24. The average molecular weight is 393 g/mol. The molecule has 2 fully saturated rings. The largest absolute Gasteiger partial charge is 0.356 e. The van der Waals surface area contributed by atoms with E-state index in [0.717, 1.165) is 31.2 Å². The number of sulfonamides is 1. The van der Waals surface area contributed by atoms with E-state index in [1.54, 1.807) is 12.1 Å². The Labute approximate surface area is 163 Å². The molecule has 1 amide bonds. The predicted octanol–water partition coefficient (Wildman–Crippen LogP) is 3.54. The molecule has 6 heteroatoms. The van der Waals surface area contributed by atoms with Crippen molar-refractivity contribution in [3.63, 3.8) is 0 Å². The molecule has 0 saturated heterocycles. The van der Waals surface area contributed by atoms with Crippen molar-refractivity contribution in [3.8, 4) is 0 Å². The van der Waals surface area contributed by atoms with Crippen LogP contribution in [0.3, 0.4) is 0 Å². The van der Waals surface area contributed by atoms with Crippen molar-refractivity contribution < 1.29 is 13.2 Å². The maximum atomic E-state index is 12.4. The maximum absolute atomic E-state index is 12.4. The fourth-order valence-corrected chi connectivity index (χ4v) is 5.54. The summed E-state index contributed by atoms with van der Waals surface area (Å²) in [7, 11) is -3.43. The fraction of sp³-hybridized carbons (Fsp3) is 0.667. The van der Waals surface area contributed by atoms with Gasteiger partial charge in [-0.1, -0.05) is 44.2 Å². The molecule has 2 N–H and O–H groups in total. The van der Waals surface area contributed by atoms with E-state index >= 15 is 0 Å². The van der Waals surface area contributed by atoms with Gasteiger partial charge in [-0.25, -0.2) is 13.1 Å². The maximum Gasteiger partial charge on any atom is 0.240 e. The minimum atomic E-state index is -3.43. The molecule has 5 nitrogen and oxygen atoms in total. The van der Waals surface area contributed by atoms with Crippen LogP contribution < -0.4 is 10.0 Å². The van der Waals surface area contributed by atoms with Crippen LogP contribution in [0, 0.1) is 5.92 Å². The molecule has 27 heavy (non-hydrogen) atoms. The zero-order chi connectivity index (χ0) is 19.1. The van der Waals surface area contributed by atoms with Crippen LogP contribution in [0.5, 0.6) is 0 Å². The van der Waals surface area contributed by atoms with Crippen molar-refractivity contribution in [3.05, 3.63) is 29.8 Å². The van der Waals surface area contributed by atoms with E-state index in [1.807, 2.05) is 12.1 Å². The number of hydrogen-bond donors (Lipinski definition) is 2. The molecule has 0 unspecified atom stereocenters. The van der Waals surface area contributed by atoms with Gasteiger partial charge in [0.15, 0.2) is 0 Å². The van der Waals surface area contributed by atoms with E-state index in [0.29, 0.717) is 30.2 Å². The summed E-state index contributed by atoms with van der Waals surface area (Å²) in [4.78, 5) is 12.4. The Hall–Kier alpha value is -1.40. The molecule has 3 rings (SSSR count). The first kappa shape index (κ1) is 20.3. The molecule has 1 aromatic rings. The highest BCUT2D eigenvalue weighted by Gasteiger charge is 2.22. The van der Waals surface area contributed by atoms with Crippen LogP contribution in [-0.2, 0) is 21.2 Å². The van der Waals surface area contributed by atoms with Crippen molar-refractivity contribution >= 4 is 15.9 Å². The Kier molecular flexibility index (Phi) is 7.30. The molecule has 0 heterocycles. The van der Waals surface area contributed by atoms with Gasteiger partial charge in [0.2, 0.25) is 15.9 Å². The Bertz CT molecular complexity index is 703. The first-order valence-corrected chi connectivity index (χ1v) is 11.9. The second-order valence-electron chi connectivity index (χ2n) is 8.05. The first-order valence-electron chi connectivity index (χ1n) is 10.4. The smallest absolute Gasteiger partial charge is 0.240 e. The molecular weight excluding hydrogens is 360 g/mol. The van der Waals surface area contributed by atoms with Crippen LogP contribution in [0.2, 0.25) is 0 Å². The summed E-state index contributed by atoms with van der Waals surface area (Å²) in [5.41, 5.74) is 1.03. The Morgan fingerprint density at radius 2 is 1.56 bits per heavy atom. The average Bonchev–Trinajstić information content (AvgIpc) is 3.15. The third-order valence-corrected chi connectivity index (χ3v) is 7.38. The van der Waals surface area contributed by atoms with Gasteiger partial charge < -0.3 is 5.32 Å². The molecule has 150 valence electrons. The van der Waals surface area contributed by atoms with E-state index in [2.05, 4.69) is 10.0 Å². The van der Waals surface area contributed by atoms with Crippen LogP contribution in [0.1, 0.15) is 69.8 Å². The predicted molar refractivity (Wildman–Crippen MR) is 107 cm³/mol. The summed E-state index contributed by atoms with van der Waals surface area (Å²) in [6, 6.07) is 7.09.